The van der Waals surface area contributed by atoms with E-state index in [1.54, 1.807) is 32.0 Å². The topological polar surface area (TPSA) is 84.0 Å². The largest absolute Gasteiger partial charge is 0.381 e. The number of nitrogens with one attached hydrogen (secondary N) is 2. The molecule has 1 aromatic heterocycles. The second-order valence-electron chi connectivity index (χ2n) is 7.15. The fourth-order valence-electron chi connectivity index (χ4n) is 3.22. The normalized spacial score (nSPS) is 11.4. The van der Waals surface area contributed by atoms with Crippen LogP contribution in [-0.4, -0.2) is 18.4 Å². The van der Waals surface area contributed by atoms with Crippen molar-refractivity contribution >= 4 is 32.2 Å². The van der Waals surface area contributed by atoms with E-state index in [1.165, 1.54) is 16.3 Å². The summed E-state index contributed by atoms with van der Waals surface area (Å²) in [4.78, 5) is 8.06. The fraction of sp³-hybridized carbons (Fsp3) is 0.130. The number of fused-ring (bicyclic) bond motifs is 1. The lowest BCUT2D eigenvalue weighted by Gasteiger charge is -2.10. The molecule has 1 heterocycles. The molecule has 0 aliphatic rings. The zero-order valence-corrected chi connectivity index (χ0v) is 17.6. The first kappa shape index (κ1) is 19.8. The van der Waals surface area contributed by atoms with Gasteiger partial charge >= 0.3 is 0 Å². The van der Waals surface area contributed by atoms with E-state index in [0.717, 1.165) is 5.69 Å². The Balaban J connectivity index is 1.43. The molecule has 0 aliphatic carbocycles. The molecule has 0 aliphatic heterocycles. The molecule has 0 saturated carbocycles. The molecule has 4 rings (SSSR count). The van der Waals surface area contributed by atoms with Crippen molar-refractivity contribution < 1.29 is 8.42 Å². The summed E-state index contributed by atoms with van der Waals surface area (Å²) < 4.78 is 27.6. The summed E-state index contributed by atoms with van der Waals surface area (Å²) in [5, 5.41) is 5.55. The van der Waals surface area contributed by atoms with Gasteiger partial charge in [-0.15, -0.1) is 0 Å². The van der Waals surface area contributed by atoms with Crippen LogP contribution >= 0.6 is 0 Å². The van der Waals surface area contributed by atoms with Crippen LogP contribution in [-0.2, 0) is 16.6 Å². The number of hydrogen-bond donors (Lipinski definition) is 2. The number of anilines is 2. The highest BCUT2D eigenvalue weighted by atomic mass is 32.2. The number of rotatable bonds is 6. The summed E-state index contributed by atoms with van der Waals surface area (Å²) in [6, 6.07) is 23.4. The lowest BCUT2D eigenvalue weighted by atomic mass is 10.1. The maximum atomic E-state index is 12.6. The maximum absolute atomic E-state index is 12.6. The molecule has 4 aromatic rings. The summed E-state index contributed by atoms with van der Waals surface area (Å²) in [5.74, 6) is 0. The summed E-state index contributed by atoms with van der Waals surface area (Å²) >= 11 is 0. The number of aromatic nitrogens is 2. The van der Waals surface area contributed by atoms with Gasteiger partial charge in [-0.05, 0) is 66.6 Å². The number of benzene rings is 3. The van der Waals surface area contributed by atoms with E-state index in [1.807, 2.05) is 24.3 Å². The molecule has 0 spiro atoms. The van der Waals surface area contributed by atoms with Crippen LogP contribution in [0.5, 0.6) is 0 Å². The first-order valence-corrected chi connectivity index (χ1v) is 11.0. The number of aryl methyl sites for hydroxylation is 2. The Morgan fingerprint density at radius 3 is 2.10 bits per heavy atom. The second kappa shape index (κ2) is 8.12. The van der Waals surface area contributed by atoms with Crippen molar-refractivity contribution in [3.05, 3.63) is 89.7 Å². The van der Waals surface area contributed by atoms with Crippen LogP contribution in [0.15, 0.2) is 78.0 Å². The van der Waals surface area contributed by atoms with Crippen molar-refractivity contribution in [2.45, 2.75) is 25.5 Å². The molecule has 152 valence electrons. The highest BCUT2D eigenvalue weighted by Crippen LogP contribution is 2.19. The average Bonchev–Trinajstić information content (AvgIpc) is 2.72. The lowest BCUT2D eigenvalue weighted by molar-refractivity contribution is 0.591. The average molecular weight is 419 g/mol. The SMILES string of the molecule is Cc1cc(C)nc(S(=O)(=O)Nc2ccc(NCc3ccc4ccccc4c3)cc2)n1. The molecule has 0 atom stereocenters. The van der Waals surface area contributed by atoms with E-state index in [0.29, 0.717) is 23.6 Å². The van der Waals surface area contributed by atoms with Gasteiger partial charge in [-0.3, -0.25) is 4.72 Å². The molecule has 30 heavy (non-hydrogen) atoms. The molecule has 0 saturated heterocycles. The predicted octanol–water partition coefficient (Wildman–Crippen LogP) is 4.66. The Hall–Kier alpha value is -3.45. The van der Waals surface area contributed by atoms with Gasteiger partial charge in [-0.2, -0.15) is 8.42 Å². The first-order chi connectivity index (χ1) is 14.4. The Kier molecular flexibility index (Phi) is 5.37. The van der Waals surface area contributed by atoms with Crippen LogP contribution < -0.4 is 10.0 Å². The van der Waals surface area contributed by atoms with Crippen LogP contribution in [0.4, 0.5) is 11.4 Å². The Morgan fingerprint density at radius 1 is 0.767 bits per heavy atom. The molecule has 0 unspecified atom stereocenters. The summed E-state index contributed by atoms with van der Waals surface area (Å²) in [5.41, 5.74) is 3.74. The molecule has 0 amide bonds. The van der Waals surface area contributed by atoms with Crippen molar-refractivity contribution in [2.24, 2.45) is 0 Å². The van der Waals surface area contributed by atoms with Crippen LogP contribution in [0.2, 0.25) is 0 Å². The van der Waals surface area contributed by atoms with Crippen LogP contribution in [0.3, 0.4) is 0 Å². The minimum absolute atomic E-state index is 0.224. The maximum Gasteiger partial charge on any atom is 0.297 e. The Bertz CT molecular complexity index is 1280. The van der Waals surface area contributed by atoms with Crippen molar-refractivity contribution in [2.75, 3.05) is 10.0 Å². The number of hydrogen-bond acceptors (Lipinski definition) is 5. The minimum atomic E-state index is -3.84. The first-order valence-electron chi connectivity index (χ1n) is 9.56. The number of sulfonamides is 1. The fourth-order valence-corrected chi connectivity index (χ4v) is 4.29. The Morgan fingerprint density at radius 2 is 1.40 bits per heavy atom. The monoisotopic (exact) mass is 418 g/mol. The lowest BCUT2D eigenvalue weighted by Crippen LogP contribution is -2.17. The third-order valence-electron chi connectivity index (χ3n) is 4.65. The molecule has 0 fully saturated rings. The summed E-state index contributed by atoms with van der Waals surface area (Å²) in [6.45, 7) is 4.15. The van der Waals surface area contributed by atoms with Gasteiger partial charge in [0.1, 0.15) is 0 Å². The van der Waals surface area contributed by atoms with E-state index < -0.39 is 10.0 Å². The van der Waals surface area contributed by atoms with Gasteiger partial charge in [0.15, 0.2) is 0 Å². The van der Waals surface area contributed by atoms with Gasteiger partial charge in [-0.25, -0.2) is 9.97 Å². The molecule has 0 bridgehead atoms. The van der Waals surface area contributed by atoms with E-state index in [-0.39, 0.29) is 5.16 Å². The van der Waals surface area contributed by atoms with E-state index >= 15 is 0 Å². The molecular weight excluding hydrogens is 396 g/mol. The van der Waals surface area contributed by atoms with E-state index in [9.17, 15) is 8.42 Å². The zero-order chi connectivity index (χ0) is 21.1. The molecule has 2 N–H and O–H groups in total. The highest BCUT2D eigenvalue weighted by molar-refractivity contribution is 7.92. The van der Waals surface area contributed by atoms with Crippen LogP contribution in [0, 0.1) is 13.8 Å². The van der Waals surface area contributed by atoms with Crippen LogP contribution in [0.25, 0.3) is 10.8 Å². The van der Waals surface area contributed by atoms with Gasteiger partial charge in [0, 0.05) is 29.3 Å². The third kappa shape index (κ3) is 4.58. The van der Waals surface area contributed by atoms with Gasteiger partial charge in [-0.1, -0.05) is 36.4 Å². The van der Waals surface area contributed by atoms with Gasteiger partial charge in [0.2, 0.25) is 0 Å². The van der Waals surface area contributed by atoms with Gasteiger partial charge < -0.3 is 5.32 Å². The van der Waals surface area contributed by atoms with Crippen molar-refractivity contribution in [1.82, 2.24) is 9.97 Å². The smallest absolute Gasteiger partial charge is 0.297 e. The molecule has 3 aromatic carbocycles. The van der Waals surface area contributed by atoms with Crippen molar-refractivity contribution in [3.63, 3.8) is 0 Å². The van der Waals surface area contributed by atoms with Gasteiger partial charge in [0.05, 0.1) is 0 Å². The Labute approximate surface area is 176 Å². The number of nitrogens with zero attached hydrogens (tertiary/aromatic N) is 2. The van der Waals surface area contributed by atoms with E-state index in [2.05, 4.69) is 50.3 Å². The molecular formula is C23H22N4O2S. The standard InChI is InChI=1S/C23H22N4O2S/c1-16-13-17(2)26-23(25-16)30(28,29)27-22-11-9-21(10-12-22)24-15-18-7-8-19-5-3-4-6-20(19)14-18/h3-14,24,27H,15H2,1-2H3. The predicted molar refractivity (Wildman–Crippen MR) is 120 cm³/mol. The van der Waals surface area contributed by atoms with Crippen molar-refractivity contribution in [3.8, 4) is 0 Å². The molecule has 0 radical (unpaired) electrons. The van der Waals surface area contributed by atoms with E-state index in [4.69, 9.17) is 0 Å². The van der Waals surface area contributed by atoms with Crippen LogP contribution in [0.1, 0.15) is 17.0 Å². The summed E-state index contributed by atoms with van der Waals surface area (Å²) in [7, 11) is -3.84. The second-order valence-corrected chi connectivity index (χ2v) is 8.73. The summed E-state index contributed by atoms with van der Waals surface area (Å²) in [6.07, 6.45) is 0. The quantitative estimate of drug-likeness (QED) is 0.445. The zero-order valence-electron chi connectivity index (χ0n) is 16.8. The third-order valence-corrected chi connectivity index (χ3v) is 5.82. The molecule has 7 heteroatoms. The van der Waals surface area contributed by atoms with Crippen molar-refractivity contribution in [1.29, 1.82) is 0 Å². The molecule has 6 nitrogen and oxygen atoms in total. The minimum Gasteiger partial charge on any atom is -0.381 e. The van der Waals surface area contributed by atoms with Gasteiger partial charge in [0.25, 0.3) is 15.2 Å². The highest BCUT2D eigenvalue weighted by Gasteiger charge is 2.18.